The maximum absolute atomic E-state index is 13.2. The quantitative estimate of drug-likeness (QED) is 0.608. The predicted molar refractivity (Wildman–Crippen MR) is 136 cm³/mol. The van der Waals surface area contributed by atoms with Crippen LogP contribution in [0, 0.1) is 17.2 Å². The van der Waals surface area contributed by atoms with Gasteiger partial charge in [0.2, 0.25) is 5.91 Å². The Bertz CT molecular complexity index is 1090. The summed E-state index contributed by atoms with van der Waals surface area (Å²) in [6.45, 7) is 15.3. The molecule has 0 aromatic carbocycles. The van der Waals surface area contributed by atoms with Crippen molar-refractivity contribution in [2.45, 2.75) is 78.6 Å². The van der Waals surface area contributed by atoms with E-state index in [1.54, 1.807) is 11.3 Å². The fraction of sp³-hybridized carbons (Fsp3) is 0.593. The highest BCUT2D eigenvalue weighted by molar-refractivity contribution is 7.10. The van der Waals surface area contributed by atoms with Crippen LogP contribution in [0.4, 0.5) is 5.82 Å². The Morgan fingerprint density at radius 1 is 1.29 bits per heavy atom. The minimum Gasteiger partial charge on any atom is -0.370 e. The van der Waals surface area contributed by atoms with E-state index >= 15 is 0 Å². The third-order valence-electron chi connectivity index (χ3n) is 7.01. The van der Waals surface area contributed by atoms with Crippen LogP contribution >= 0.6 is 11.3 Å². The van der Waals surface area contributed by atoms with Crippen molar-refractivity contribution in [3.05, 3.63) is 44.8 Å². The van der Waals surface area contributed by atoms with Crippen LogP contribution in [0.25, 0.3) is 0 Å². The molecule has 0 aliphatic carbocycles. The standard InChI is InChI=1S/C27H36N4O2S/c1-17(2)23-15-30(9-10-31(23)24(32)12-19-8-7-11-34-19)26-21(14-28)20-13-27(5,6)33-16-22(20)25(29-26)18(3)4/h7-8,11,17-18,23H,9-10,12-13,15-16H2,1-6H3. The van der Waals surface area contributed by atoms with Crippen LogP contribution < -0.4 is 4.90 Å². The van der Waals surface area contributed by atoms with Crippen LogP contribution in [0.2, 0.25) is 0 Å². The zero-order valence-corrected chi connectivity index (χ0v) is 22.0. The van der Waals surface area contributed by atoms with Crippen LogP contribution in [-0.4, -0.2) is 47.1 Å². The van der Waals surface area contributed by atoms with Gasteiger partial charge in [-0.2, -0.15) is 5.26 Å². The Kier molecular flexibility index (Phi) is 7.02. The van der Waals surface area contributed by atoms with Gasteiger partial charge in [-0.15, -0.1) is 11.3 Å². The number of aromatic nitrogens is 1. The summed E-state index contributed by atoms with van der Waals surface area (Å²) in [5.74, 6) is 1.50. The lowest BCUT2D eigenvalue weighted by atomic mass is 9.86. The van der Waals surface area contributed by atoms with Gasteiger partial charge in [0.1, 0.15) is 11.9 Å². The second-order valence-electron chi connectivity index (χ2n) is 10.7. The predicted octanol–water partition coefficient (Wildman–Crippen LogP) is 4.91. The van der Waals surface area contributed by atoms with Crippen molar-refractivity contribution < 1.29 is 9.53 Å². The number of ether oxygens (including phenoxy) is 1. The number of hydrogen-bond acceptors (Lipinski definition) is 6. The third-order valence-corrected chi connectivity index (χ3v) is 7.88. The average Bonchev–Trinajstić information content (AvgIpc) is 3.29. The summed E-state index contributed by atoms with van der Waals surface area (Å²) in [6.07, 6.45) is 1.15. The highest BCUT2D eigenvalue weighted by Crippen LogP contribution is 2.38. The van der Waals surface area contributed by atoms with E-state index < -0.39 is 0 Å². The minimum absolute atomic E-state index is 0.0767. The molecule has 34 heavy (non-hydrogen) atoms. The molecule has 6 nitrogen and oxygen atoms in total. The zero-order valence-electron chi connectivity index (χ0n) is 21.2. The topological polar surface area (TPSA) is 69.5 Å². The maximum Gasteiger partial charge on any atom is 0.228 e. The Labute approximate surface area is 207 Å². The van der Waals surface area contributed by atoms with E-state index in [1.807, 2.05) is 22.4 Å². The molecule has 1 unspecified atom stereocenters. The van der Waals surface area contributed by atoms with Crippen LogP contribution in [-0.2, 0) is 29.0 Å². The molecule has 0 N–H and O–H groups in total. The van der Waals surface area contributed by atoms with Gasteiger partial charge in [0.15, 0.2) is 0 Å². The van der Waals surface area contributed by atoms with Gasteiger partial charge < -0.3 is 14.5 Å². The highest BCUT2D eigenvalue weighted by atomic mass is 32.1. The van der Waals surface area contributed by atoms with Crippen molar-refractivity contribution in [1.82, 2.24) is 9.88 Å². The number of piperazine rings is 1. The molecule has 7 heteroatoms. The molecule has 1 atom stereocenters. The lowest BCUT2D eigenvalue weighted by molar-refractivity contribution is -0.134. The molecular weight excluding hydrogens is 444 g/mol. The van der Waals surface area contributed by atoms with Crippen molar-refractivity contribution in [1.29, 1.82) is 5.26 Å². The van der Waals surface area contributed by atoms with E-state index in [0.717, 1.165) is 27.5 Å². The molecular formula is C27H36N4O2S. The van der Waals surface area contributed by atoms with Gasteiger partial charge in [-0.3, -0.25) is 4.79 Å². The third kappa shape index (κ3) is 4.85. The molecule has 4 rings (SSSR count). The zero-order chi connectivity index (χ0) is 24.6. The summed E-state index contributed by atoms with van der Waals surface area (Å²) in [7, 11) is 0. The number of pyridine rings is 1. The molecule has 1 amide bonds. The summed E-state index contributed by atoms with van der Waals surface area (Å²) >= 11 is 1.63. The van der Waals surface area contributed by atoms with E-state index in [4.69, 9.17) is 9.72 Å². The Hall–Kier alpha value is -2.43. The second kappa shape index (κ2) is 9.67. The molecule has 0 radical (unpaired) electrons. The molecule has 1 fully saturated rings. The van der Waals surface area contributed by atoms with Crippen molar-refractivity contribution in [3.63, 3.8) is 0 Å². The molecule has 0 bridgehead atoms. The van der Waals surface area contributed by atoms with Gasteiger partial charge in [0.25, 0.3) is 0 Å². The number of nitriles is 1. The number of hydrogen-bond donors (Lipinski definition) is 0. The fourth-order valence-electron chi connectivity index (χ4n) is 5.15. The van der Waals surface area contributed by atoms with E-state index in [9.17, 15) is 10.1 Å². The minimum atomic E-state index is -0.307. The number of fused-ring (bicyclic) bond motifs is 1. The first-order valence-corrected chi connectivity index (χ1v) is 13.2. The average molecular weight is 481 g/mol. The smallest absolute Gasteiger partial charge is 0.228 e. The van der Waals surface area contributed by atoms with Crippen LogP contribution in [0.5, 0.6) is 0 Å². The maximum atomic E-state index is 13.2. The highest BCUT2D eigenvalue weighted by Gasteiger charge is 2.37. The molecule has 0 spiro atoms. The lowest BCUT2D eigenvalue weighted by Crippen LogP contribution is -2.58. The molecule has 4 heterocycles. The molecule has 1 saturated heterocycles. The van der Waals surface area contributed by atoms with Crippen LogP contribution in [0.1, 0.15) is 74.7 Å². The summed E-state index contributed by atoms with van der Waals surface area (Å²) in [6, 6.07) is 6.59. The number of anilines is 1. The first-order chi connectivity index (χ1) is 16.1. The van der Waals surface area contributed by atoms with Gasteiger partial charge in [-0.25, -0.2) is 4.98 Å². The summed E-state index contributed by atoms with van der Waals surface area (Å²) < 4.78 is 6.09. The molecule has 2 aromatic rings. The van der Waals surface area contributed by atoms with E-state index in [0.29, 0.717) is 50.6 Å². The fourth-order valence-corrected chi connectivity index (χ4v) is 5.84. The molecule has 2 aliphatic heterocycles. The molecule has 2 aliphatic rings. The van der Waals surface area contributed by atoms with Gasteiger partial charge >= 0.3 is 0 Å². The molecule has 182 valence electrons. The molecule has 0 saturated carbocycles. The van der Waals surface area contributed by atoms with Crippen LogP contribution in [0.15, 0.2) is 17.5 Å². The van der Waals surface area contributed by atoms with Crippen molar-refractivity contribution >= 4 is 23.1 Å². The van der Waals surface area contributed by atoms with Gasteiger partial charge in [0.05, 0.1) is 35.9 Å². The number of amides is 1. The van der Waals surface area contributed by atoms with Crippen LogP contribution in [0.3, 0.4) is 0 Å². The monoisotopic (exact) mass is 480 g/mol. The Balaban J connectivity index is 1.67. The van der Waals surface area contributed by atoms with E-state index in [2.05, 4.69) is 52.5 Å². The first kappa shape index (κ1) is 24.7. The van der Waals surface area contributed by atoms with Crippen molar-refractivity contribution in [2.24, 2.45) is 5.92 Å². The summed E-state index contributed by atoms with van der Waals surface area (Å²) in [4.78, 5) is 23.7. The van der Waals surface area contributed by atoms with Gasteiger partial charge in [0, 0.05) is 36.5 Å². The van der Waals surface area contributed by atoms with Gasteiger partial charge in [-0.1, -0.05) is 33.8 Å². The lowest BCUT2D eigenvalue weighted by Gasteiger charge is -2.44. The van der Waals surface area contributed by atoms with E-state index in [1.165, 1.54) is 0 Å². The Morgan fingerprint density at radius 2 is 2.06 bits per heavy atom. The SMILES string of the molecule is CC(C)c1nc(N2CCN(C(=O)Cc3cccs3)C(C(C)C)C2)c(C#N)c2c1COC(C)(C)C2. The number of nitrogens with zero attached hydrogens (tertiary/aromatic N) is 4. The summed E-state index contributed by atoms with van der Waals surface area (Å²) in [5.41, 5.74) is 3.57. The number of thiophene rings is 1. The number of carbonyl (C=O) groups excluding carboxylic acids is 1. The van der Waals surface area contributed by atoms with E-state index in [-0.39, 0.29) is 23.5 Å². The largest absolute Gasteiger partial charge is 0.370 e. The molecule has 2 aromatic heterocycles. The number of carbonyl (C=O) groups is 1. The number of rotatable bonds is 5. The first-order valence-electron chi connectivity index (χ1n) is 12.3. The normalized spacial score (nSPS) is 19.9. The van der Waals surface area contributed by atoms with Crippen molar-refractivity contribution in [2.75, 3.05) is 24.5 Å². The Morgan fingerprint density at radius 3 is 2.68 bits per heavy atom. The summed E-state index contributed by atoms with van der Waals surface area (Å²) in [5, 5.41) is 12.3. The second-order valence-corrected chi connectivity index (χ2v) is 11.8. The van der Waals surface area contributed by atoms with Crippen molar-refractivity contribution in [3.8, 4) is 6.07 Å². The van der Waals surface area contributed by atoms with Gasteiger partial charge in [-0.05, 0) is 42.7 Å².